The van der Waals surface area contributed by atoms with Gasteiger partial charge >= 0.3 is 0 Å². The molecule has 5 nitrogen and oxygen atoms in total. The summed E-state index contributed by atoms with van der Waals surface area (Å²) in [6, 6.07) is 68.4. The van der Waals surface area contributed by atoms with Crippen molar-refractivity contribution in [2.24, 2.45) is 0 Å². The van der Waals surface area contributed by atoms with Crippen molar-refractivity contribution < 1.29 is 0 Å². The number of benzene rings is 8. The summed E-state index contributed by atoms with van der Waals surface area (Å²) in [4.78, 5) is 18.3. The van der Waals surface area contributed by atoms with Crippen LogP contribution in [-0.2, 0) is 0 Å². The average Bonchev–Trinajstić information content (AvgIpc) is 3.83. The van der Waals surface area contributed by atoms with Gasteiger partial charge in [0.1, 0.15) is 0 Å². The van der Waals surface area contributed by atoms with Gasteiger partial charge in [-0.15, -0.1) is 11.3 Å². The molecule has 274 valence electrons. The SMILES string of the molecule is Cc1ccccc1-c1cc2c3ccccc3n(-c3nc(-c4ccccc4)nc(-c4cccc5c4sc4ccccc45)n3)c2cc1N(c1ccccc1)c1ccccc1. The van der Waals surface area contributed by atoms with Crippen LogP contribution >= 0.6 is 11.3 Å². The van der Waals surface area contributed by atoms with Crippen molar-refractivity contribution in [1.82, 2.24) is 19.5 Å². The zero-order valence-electron chi connectivity index (χ0n) is 31.6. The van der Waals surface area contributed by atoms with Gasteiger partial charge in [-0.3, -0.25) is 4.57 Å². The highest BCUT2D eigenvalue weighted by Gasteiger charge is 2.24. The topological polar surface area (TPSA) is 46.8 Å². The summed E-state index contributed by atoms with van der Waals surface area (Å²) in [7, 11) is 0. The van der Waals surface area contributed by atoms with E-state index in [4.69, 9.17) is 15.0 Å². The fraction of sp³-hybridized carbons (Fsp3) is 0.0192. The average molecular weight is 762 g/mol. The molecule has 0 saturated heterocycles. The normalized spacial score (nSPS) is 11.5. The van der Waals surface area contributed by atoms with Crippen molar-refractivity contribution in [3.8, 4) is 39.9 Å². The van der Waals surface area contributed by atoms with Gasteiger partial charge < -0.3 is 4.90 Å². The maximum Gasteiger partial charge on any atom is 0.238 e. The van der Waals surface area contributed by atoms with Gasteiger partial charge in [0.2, 0.25) is 5.95 Å². The van der Waals surface area contributed by atoms with Crippen molar-refractivity contribution in [1.29, 1.82) is 0 Å². The van der Waals surface area contributed by atoms with E-state index in [0.29, 0.717) is 17.6 Å². The van der Waals surface area contributed by atoms with E-state index in [-0.39, 0.29) is 0 Å². The zero-order chi connectivity index (χ0) is 38.6. The van der Waals surface area contributed by atoms with Crippen molar-refractivity contribution in [3.05, 3.63) is 200 Å². The molecule has 6 heteroatoms. The first kappa shape index (κ1) is 33.9. The molecule has 0 N–H and O–H groups in total. The van der Waals surface area contributed by atoms with Crippen LogP contribution in [0.3, 0.4) is 0 Å². The number of hydrogen-bond acceptors (Lipinski definition) is 5. The highest BCUT2D eigenvalue weighted by molar-refractivity contribution is 7.26. The number of nitrogens with zero attached hydrogens (tertiary/aromatic N) is 5. The van der Waals surface area contributed by atoms with Crippen LogP contribution in [-0.4, -0.2) is 19.5 Å². The van der Waals surface area contributed by atoms with E-state index in [1.54, 1.807) is 11.3 Å². The Morgan fingerprint density at radius 3 is 1.81 bits per heavy atom. The molecule has 0 spiro atoms. The van der Waals surface area contributed by atoms with Gasteiger partial charge in [0.05, 0.1) is 16.7 Å². The highest BCUT2D eigenvalue weighted by Crippen LogP contribution is 2.46. The molecule has 8 aromatic carbocycles. The Kier molecular flexibility index (Phi) is 8.15. The van der Waals surface area contributed by atoms with E-state index < -0.39 is 0 Å². The number of fused-ring (bicyclic) bond motifs is 6. The highest BCUT2D eigenvalue weighted by atomic mass is 32.1. The summed E-state index contributed by atoms with van der Waals surface area (Å²) in [6.45, 7) is 2.19. The van der Waals surface area contributed by atoms with Gasteiger partial charge in [-0.25, -0.2) is 4.98 Å². The van der Waals surface area contributed by atoms with Crippen LogP contribution in [0.1, 0.15) is 5.56 Å². The summed E-state index contributed by atoms with van der Waals surface area (Å²) in [5.74, 6) is 1.82. The first-order valence-corrected chi connectivity index (χ1v) is 20.3. The Balaban J connectivity index is 1.24. The van der Waals surface area contributed by atoms with E-state index in [9.17, 15) is 0 Å². The summed E-state index contributed by atoms with van der Waals surface area (Å²) >= 11 is 1.78. The van der Waals surface area contributed by atoms with Gasteiger partial charge in [-0.05, 0) is 72.6 Å². The smallest absolute Gasteiger partial charge is 0.238 e. The molecule has 0 radical (unpaired) electrons. The molecule has 11 aromatic rings. The Bertz CT molecular complexity index is 3260. The monoisotopic (exact) mass is 761 g/mol. The molecule has 0 aliphatic carbocycles. The maximum absolute atomic E-state index is 5.41. The largest absolute Gasteiger partial charge is 0.310 e. The Morgan fingerprint density at radius 2 is 1.05 bits per heavy atom. The van der Waals surface area contributed by atoms with E-state index in [1.165, 1.54) is 26.6 Å². The van der Waals surface area contributed by atoms with Crippen LogP contribution in [0.15, 0.2) is 194 Å². The second kappa shape index (κ2) is 14.0. The molecular weight excluding hydrogens is 727 g/mol. The van der Waals surface area contributed by atoms with E-state index >= 15 is 0 Å². The summed E-state index contributed by atoms with van der Waals surface area (Å²) in [5, 5.41) is 4.68. The number of aryl methyl sites for hydroxylation is 1. The van der Waals surface area contributed by atoms with Crippen molar-refractivity contribution >= 4 is 70.4 Å². The third-order valence-electron chi connectivity index (χ3n) is 11.0. The molecule has 3 heterocycles. The number of thiophene rings is 1. The van der Waals surface area contributed by atoms with Gasteiger partial charge in [0.15, 0.2) is 11.6 Å². The second-order valence-corrected chi connectivity index (χ2v) is 15.5. The van der Waals surface area contributed by atoms with Crippen molar-refractivity contribution in [2.75, 3.05) is 4.90 Å². The van der Waals surface area contributed by atoms with E-state index in [0.717, 1.165) is 60.3 Å². The molecule has 3 aromatic heterocycles. The lowest BCUT2D eigenvalue weighted by Gasteiger charge is -2.28. The Hall–Kier alpha value is -7.41. The molecule has 0 fully saturated rings. The van der Waals surface area contributed by atoms with Crippen LogP contribution in [0.2, 0.25) is 0 Å². The van der Waals surface area contributed by atoms with Crippen LogP contribution in [0.25, 0.3) is 81.8 Å². The lowest BCUT2D eigenvalue weighted by Crippen LogP contribution is -2.12. The molecule has 11 rings (SSSR count). The Morgan fingerprint density at radius 1 is 0.448 bits per heavy atom. The first-order chi connectivity index (χ1) is 28.7. The summed E-state index contributed by atoms with van der Waals surface area (Å²) < 4.78 is 4.63. The quantitative estimate of drug-likeness (QED) is 0.162. The maximum atomic E-state index is 5.41. The molecular formula is C52H35N5S. The predicted molar refractivity (Wildman–Crippen MR) is 243 cm³/mol. The number of para-hydroxylation sites is 3. The van der Waals surface area contributed by atoms with Gasteiger partial charge in [0, 0.05) is 59.0 Å². The third-order valence-corrected chi connectivity index (χ3v) is 12.2. The molecule has 0 atom stereocenters. The lowest BCUT2D eigenvalue weighted by molar-refractivity contribution is 0.954. The van der Waals surface area contributed by atoms with E-state index in [2.05, 4.69) is 192 Å². The number of aromatic nitrogens is 4. The third kappa shape index (κ3) is 5.65. The van der Waals surface area contributed by atoms with Gasteiger partial charge in [-0.2, -0.15) is 9.97 Å². The van der Waals surface area contributed by atoms with Gasteiger partial charge in [-0.1, -0.05) is 140 Å². The molecule has 0 amide bonds. The van der Waals surface area contributed by atoms with Gasteiger partial charge in [0.25, 0.3) is 0 Å². The van der Waals surface area contributed by atoms with Crippen molar-refractivity contribution in [2.45, 2.75) is 6.92 Å². The van der Waals surface area contributed by atoms with Crippen LogP contribution in [0, 0.1) is 6.92 Å². The summed E-state index contributed by atoms with van der Waals surface area (Å²) in [6.07, 6.45) is 0. The minimum Gasteiger partial charge on any atom is -0.310 e. The Labute approximate surface area is 339 Å². The zero-order valence-corrected chi connectivity index (χ0v) is 32.4. The molecule has 0 bridgehead atoms. The minimum atomic E-state index is 0.564. The molecule has 0 aliphatic heterocycles. The fourth-order valence-electron chi connectivity index (χ4n) is 8.30. The molecule has 0 saturated carbocycles. The molecule has 0 unspecified atom stereocenters. The fourth-order valence-corrected chi connectivity index (χ4v) is 9.51. The molecule has 58 heavy (non-hydrogen) atoms. The standard InChI is InChI=1S/C52H35N5S/c1-34-18-11-12-25-38(34)43-32-44-39-26-13-15-30-45(39)57(47(44)33-46(43)56(36-21-7-3-8-22-36)37-23-9-4-10-24-37)52-54-50(35-19-5-2-6-20-35)53-51(55-52)42-29-17-28-41-40-27-14-16-31-48(40)58-49(41)42/h2-33H,1H3. The van der Waals surface area contributed by atoms with Crippen LogP contribution in [0.4, 0.5) is 17.1 Å². The van der Waals surface area contributed by atoms with E-state index in [1.807, 2.05) is 18.2 Å². The van der Waals surface area contributed by atoms with Crippen molar-refractivity contribution in [3.63, 3.8) is 0 Å². The predicted octanol–water partition coefficient (Wildman–Crippen LogP) is 14.1. The summed E-state index contributed by atoms with van der Waals surface area (Å²) in [5.41, 5.74) is 10.6. The minimum absolute atomic E-state index is 0.564. The first-order valence-electron chi connectivity index (χ1n) is 19.5. The van der Waals surface area contributed by atoms with Crippen LogP contribution < -0.4 is 4.90 Å². The van der Waals surface area contributed by atoms with Crippen LogP contribution in [0.5, 0.6) is 0 Å². The second-order valence-electron chi connectivity index (χ2n) is 14.5. The number of rotatable bonds is 7. The molecule has 0 aliphatic rings. The number of hydrogen-bond donors (Lipinski definition) is 0. The number of anilines is 3. The lowest BCUT2D eigenvalue weighted by atomic mass is 9.95.